The third-order valence-corrected chi connectivity index (χ3v) is 4.98. The first-order chi connectivity index (χ1) is 11.3. The summed E-state index contributed by atoms with van der Waals surface area (Å²) in [6.45, 7) is 5.91. The molecule has 1 fully saturated rings. The number of nitrogens with zero attached hydrogens (tertiary/aromatic N) is 4. The van der Waals surface area contributed by atoms with Gasteiger partial charge in [0.25, 0.3) is 0 Å². The van der Waals surface area contributed by atoms with Gasteiger partial charge in [0.2, 0.25) is 10.1 Å². The minimum absolute atomic E-state index is 0.108. The number of amides is 2. The molecule has 1 saturated heterocycles. The molecule has 2 rings (SSSR count). The number of halogens is 3. The number of hydrogen-bond acceptors (Lipinski definition) is 5. The normalized spacial score (nSPS) is 17.0. The van der Waals surface area contributed by atoms with Crippen LogP contribution in [0.1, 0.15) is 38.1 Å². The van der Waals surface area contributed by atoms with Crippen molar-refractivity contribution in [2.75, 3.05) is 31.1 Å². The zero-order valence-corrected chi connectivity index (χ0v) is 14.6. The van der Waals surface area contributed by atoms with E-state index in [2.05, 4.69) is 22.4 Å². The van der Waals surface area contributed by atoms with Crippen LogP contribution in [0.25, 0.3) is 0 Å². The fourth-order valence-electron chi connectivity index (χ4n) is 2.55. The Bertz CT molecular complexity index is 543. The number of piperazine rings is 1. The van der Waals surface area contributed by atoms with Gasteiger partial charge in [-0.3, -0.25) is 0 Å². The second-order valence-electron chi connectivity index (χ2n) is 5.70. The van der Waals surface area contributed by atoms with Crippen molar-refractivity contribution in [3.8, 4) is 0 Å². The predicted octanol–water partition coefficient (Wildman–Crippen LogP) is 2.97. The second-order valence-corrected chi connectivity index (χ2v) is 6.66. The number of carbonyl (C=O) groups is 1. The molecule has 0 aliphatic carbocycles. The van der Waals surface area contributed by atoms with Crippen molar-refractivity contribution in [1.82, 2.24) is 20.4 Å². The standard InChI is InChI=1S/C14H22F3N5OS/c1-3-5-10(4-2)18-12(23)21-6-8-22(9-7-21)13-20-19-11(24-13)14(15,16)17/h10H,3-9H2,1-2H3,(H,18,23)/t10-/m0/s1. The fraction of sp³-hybridized carbons (Fsp3) is 0.786. The maximum Gasteiger partial charge on any atom is 0.445 e. The van der Waals surface area contributed by atoms with Crippen molar-refractivity contribution >= 4 is 22.5 Å². The quantitative estimate of drug-likeness (QED) is 0.871. The van der Waals surface area contributed by atoms with E-state index in [0.29, 0.717) is 37.5 Å². The van der Waals surface area contributed by atoms with Crippen LogP contribution in [-0.2, 0) is 6.18 Å². The SMILES string of the molecule is CCC[C@H](CC)NC(=O)N1CCN(c2nnc(C(F)(F)F)s2)CC1. The third-order valence-electron chi connectivity index (χ3n) is 3.95. The van der Waals surface area contributed by atoms with Gasteiger partial charge < -0.3 is 15.1 Å². The Morgan fingerprint density at radius 1 is 1.25 bits per heavy atom. The van der Waals surface area contributed by atoms with Crippen LogP contribution >= 0.6 is 11.3 Å². The zero-order chi connectivity index (χ0) is 17.7. The van der Waals surface area contributed by atoms with Crippen molar-refractivity contribution in [3.05, 3.63) is 5.01 Å². The highest BCUT2D eigenvalue weighted by atomic mass is 32.1. The summed E-state index contributed by atoms with van der Waals surface area (Å²) >= 11 is 0.536. The van der Waals surface area contributed by atoms with Crippen LogP contribution in [0.4, 0.5) is 23.1 Å². The monoisotopic (exact) mass is 365 g/mol. The Hall–Kier alpha value is -1.58. The van der Waals surface area contributed by atoms with Crippen LogP contribution in [0.15, 0.2) is 0 Å². The Kier molecular flexibility index (Phi) is 6.25. The van der Waals surface area contributed by atoms with E-state index in [9.17, 15) is 18.0 Å². The van der Waals surface area contributed by atoms with Gasteiger partial charge in [0.15, 0.2) is 0 Å². The molecule has 0 spiro atoms. The van der Waals surface area contributed by atoms with Crippen molar-refractivity contribution in [1.29, 1.82) is 0 Å². The molecule has 2 heterocycles. The summed E-state index contributed by atoms with van der Waals surface area (Å²) in [5.41, 5.74) is 0. The Morgan fingerprint density at radius 3 is 2.42 bits per heavy atom. The highest BCUT2D eigenvalue weighted by molar-refractivity contribution is 7.15. The Labute approximate surface area is 143 Å². The minimum Gasteiger partial charge on any atom is -0.343 e. The van der Waals surface area contributed by atoms with Crippen LogP contribution in [-0.4, -0.2) is 53.3 Å². The molecule has 0 aromatic carbocycles. The average Bonchev–Trinajstić information content (AvgIpc) is 3.04. The molecule has 1 aliphatic rings. The fourth-order valence-corrected chi connectivity index (χ4v) is 3.32. The summed E-state index contributed by atoms with van der Waals surface area (Å²) in [5.74, 6) is 0. The molecule has 0 radical (unpaired) electrons. The van der Waals surface area contributed by atoms with Crippen LogP contribution in [0.2, 0.25) is 0 Å². The van der Waals surface area contributed by atoms with Crippen LogP contribution < -0.4 is 10.2 Å². The molecule has 1 N–H and O–H groups in total. The topological polar surface area (TPSA) is 61.4 Å². The van der Waals surface area contributed by atoms with Gasteiger partial charge in [0.05, 0.1) is 0 Å². The molecular weight excluding hydrogens is 343 g/mol. The maximum absolute atomic E-state index is 12.6. The Morgan fingerprint density at radius 2 is 1.92 bits per heavy atom. The van der Waals surface area contributed by atoms with E-state index in [-0.39, 0.29) is 17.2 Å². The molecule has 24 heavy (non-hydrogen) atoms. The Balaban J connectivity index is 1.87. The van der Waals surface area contributed by atoms with Crippen molar-refractivity contribution < 1.29 is 18.0 Å². The average molecular weight is 365 g/mol. The number of carbonyl (C=O) groups excluding carboxylic acids is 1. The molecule has 6 nitrogen and oxygen atoms in total. The number of nitrogens with one attached hydrogen (secondary N) is 1. The number of alkyl halides is 3. The van der Waals surface area contributed by atoms with E-state index in [0.717, 1.165) is 19.3 Å². The van der Waals surface area contributed by atoms with Gasteiger partial charge in [0.1, 0.15) is 0 Å². The van der Waals surface area contributed by atoms with E-state index in [1.165, 1.54) is 0 Å². The van der Waals surface area contributed by atoms with Gasteiger partial charge in [-0.25, -0.2) is 4.79 Å². The minimum atomic E-state index is -4.47. The van der Waals surface area contributed by atoms with Gasteiger partial charge in [0, 0.05) is 32.2 Å². The highest BCUT2D eigenvalue weighted by Crippen LogP contribution is 2.34. The third kappa shape index (κ3) is 4.71. The molecule has 1 aliphatic heterocycles. The van der Waals surface area contributed by atoms with Crippen LogP contribution in [0.5, 0.6) is 0 Å². The van der Waals surface area contributed by atoms with Crippen molar-refractivity contribution in [2.24, 2.45) is 0 Å². The summed E-state index contributed by atoms with van der Waals surface area (Å²) in [6, 6.07) is 0.0567. The van der Waals surface area contributed by atoms with Gasteiger partial charge in [-0.2, -0.15) is 13.2 Å². The summed E-state index contributed by atoms with van der Waals surface area (Å²) in [5, 5.41) is 9.13. The number of rotatable bonds is 5. The van der Waals surface area contributed by atoms with E-state index in [1.54, 1.807) is 9.80 Å². The van der Waals surface area contributed by atoms with Crippen molar-refractivity contribution in [2.45, 2.75) is 45.3 Å². The predicted molar refractivity (Wildman–Crippen MR) is 86.2 cm³/mol. The van der Waals surface area contributed by atoms with Gasteiger partial charge in [-0.15, -0.1) is 10.2 Å². The molecule has 1 aromatic heterocycles. The lowest BCUT2D eigenvalue weighted by atomic mass is 10.1. The van der Waals surface area contributed by atoms with E-state index in [4.69, 9.17) is 0 Å². The molecule has 0 bridgehead atoms. The molecule has 10 heteroatoms. The number of aromatic nitrogens is 2. The zero-order valence-electron chi connectivity index (χ0n) is 13.8. The maximum atomic E-state index is 12.6. The molecule has 2 amide bonds. The van der Waals surface area contributed by atoms with Gasteiger partial charge in [-0.1, -0.05) is 31.6 Å². The first kappa shape index (κ1) is 18.8. The lowest BCUT2D eigenvalue weighted by Gasteiger charge is -2.35. The molecular formula is C14H22F3N5OS. The highest BCUT2D eigenvalue weighted by Gasteiger charge is 2.36. The first-order valence-electron chi connectivity index (χ1n) is 8.06. The molecule has 136 valence electrons. The molecule has 1 atom stereocenters. The summed E-state index contributed by atoms with van der Waals surface area (Å²) < 4.78 is 37.7. The number of hydrogen-bond donors (Lipinski definition) is 1. The van der Waals surface area contributed by atoms with E-state index < -0.39 is 11.2 Å². The van der Waals surface area contributed by atoms with Crippen LogP contribution in [0.3, 0.4) is 0 Å². The molecule has 0 unspecified atom stereocenters. The van der Waals surface area contributed by atoms with Crippen LogP contribution in [0, 0.1) is 0 Å². The summed E-state index contributed by atoms with van der Waals surface area (Å²) in [6.07, 6.45) is -1.64. The van der Waals surface area contributed by atoms with E-state index >= 15 is 0 Å². The summed E-state index contributed by atoms with van der Waals surface area (Å²) in [7, 11) is 0. The number of urea groups is 1. The van der Waals surface area contributed by atoms with E-state index in [1.807, 2.05) is 6.92 Å². The first-order valence-corrected chi connectivity index (χ1v) is 8.87. The lowest BCUT2D eigenvalue weighted by molar-refractivity contribution is -0.138. The van der Waals surface area contributed by atoms with Gasteiger partial charge in [-0.05, 0) is 12.8 Å². The molecule has 1 aromatic rings. The number of anilines is 1. The van der Waals surface area contributed by atoms with Crippen molar-refractivity contribution in [3.63, 3.8) is 0 Å². The largest absolute Gasteiger partial charge is 0.445 e. The summed E-state index contributed by atoms with van der Waals surface area (Å²) in [4.78, 5) is 15.7. The second kappa shape index (κ2) is 8.00. The van der Waals surface area contributed by atoms with Gasteiger partial charge >= 0.3 is 12.2 Å². The lowest BCUT2D eigenvalue weighted by Crippen LogP contribution is -2.53. The smallest absolute Gasteiger partial charge is 0.343 e. The molecule has 0 saturated carbocycles.